The van der Waals surface area contributed by atoms with Crippen molar-refractivity contribution in [2.75, 3.05) is 13.2 Å². The van der Waals surface area contributed by atoms with Crippen LogP contribution in [0.2, 0.25) is 0 Å². The monoisotopic (exact) mass is 183 g/mol. The molecule has 1 aliphatic heterocycles. The normalized spacial score (nSPS) is 38.3. The van der Waals surface area contributed by atoms with Gasteiger partial charge in [0.05, 0.1) is 6.61 Å². The van der Waals surface area contributed by atoms with E-state index in [9.17, 15) is 0 Å². The molecule has 2 atom stereocenters. The summed E-state index contributed by atoms with van der Waals surface area (Å²) in [4.78, 5) is 0. The van der Waals surface area contributed by atoms with Gasteiger partial charge < -0.3 is 10.1 Å². The highest BCUT2D eigenvalue weighted by molar-refractivity contribution is 4.95. The van der Waals surface area contributed by atoms with Gasteiger partial charge in [0.2, 0.25) is 0 Å². The van der Waals surface area contributed by atoms with Crippen LogP contribution in [0.1, 0.15) is 39.5 Å². The molecule has 0 spiro atoms. The highest BCUT2D eigenvalue weighted by Crippen LogP contribution is 2.40. The molecular weight excluding hydrogens is 162 g/mol. The van der Waals surface area contributed by atoms with Crippen molar-refractivity contribution in [3.05, 3.63) is 0 Å². The van der Waals surface area contributed by atoms with Crippen LogP contribution in [0.4, 0.5) is 0 Å². The average molecular weight is 183 g/mol. The van der Waals surface area contributed by atoms with Crippen molar-refractivity contribution < 1.29 is 4.74 Å². The van der Waals surface area contributed by atoms with Crippen LogP contribution in [-0.4, -0.2) is 25.3 Å². The first-order valence-electron chi connectivity index (χ1n) is 5.52. The summed E-state index contributed by atoms with van der Waals surface area (Å²) in [7, 11) is 0. The van der Waals surface area contributed by atoms with E-state index in [-0.39, 0.29) is 0 Å². The topological polar surface area (TPSA) is 21.3 Å². The zero-order chi connectivity index (χ0) is 9.31. The SMILES string of the molecule is CC1(C)CCC1NC1CCCOC1. The van der Waals surface area contributed by atoms with Crippen molar-refractivity contribution in [2.24, 2.45) is 5.41 Å². The summed E-state index contributed by atoms with van der Waals surface area (Å²) in [5.74, 6) is 0. The minimum absolute atomic E-state index is 0.525. The second kappa shape index (κ2) is 3.58. The van der Waals surface area contributed by atoms with Crippen LogP contribution in [0.25, 0.3) is 0 Å². The lowest BCUT2D eigenvalue weighted by Crippen LogP contribution is -2.55. The van der Waals surface area contributed by atoms with Gasteiger partial charge in [-0.2, -0.15) is 0 Å². The number of rotatable bonds is 2. The second-order valence-corrected chi connectivity index (χ2v) is 5.16. The molecule has 2 heteroatoms. The van der Waals surface area contributed by atoms with Gasteiger partial charge in [-0.3, -0.25) is 0 Å². The average Bonchev–Trinajstić information content (AvgIpc) is 2.15. The van der Waals surface area contributed by atoms with E-state index in [2.05, 4.69) is 19.2 Å². The van der Waals surface area contributed by atoms with Crippen LogP contribution in [0.5, 0.6) is 0 Å². The van der Waals surface area contributed by atoms with Gasteiger partial charge in [-0.15, -0.1) is 0 Å². The van der Waals surface area contributed by atoms with E-state index in [1.54, 1.807) is 0 Å². The Hall–Kier alpha value is -0.0800. The fourth-order valence-electron chi connectivity index (χ4n) is 2.33. The number of hydrogen-bond donors (Lipinski definition) is 1. The summed E-state index contributed by atoms with van der Waals surface area (Å²) in [5, 5.41) is 3.72. The Bertz CT molecular complexity index is 173. The molecule has 1 saturated heterocycles. The van der Waals surface area contributed by atoms with Crippen LogP contribution in [0.15, 0.2) is 0 Å². The van der Waals surface area contributed by atoms with E-state index in [0.717, 1.165) is 19.3 Å². The fourth-order valence-corrected chi connectivity index (χ4v) is 2.33. The van der Waals surface area contributed by atoms with Gasteiger partial charge in [0.15, 0.2) is 0 Å². The third kappa shape index (κ3) is 2.05. The van der Waals surface area contributed by atoms with E-state index in [1.807, 2.05) is 0 Å². The Morgan fingerprint density at radius 1 is 1.31 bits per heavy atom. The molecule has 1 N–H and O–H groups in total. The van der Waals surface area contributed by atoms with Gasteiger partial charge in [-0.05, 0) is 31.1 Å². The summed E-state index contributed by atoms with van der Waals surface area (Å²) < 4.78 is 5.46. The Kier molecular flexibility index (Phi) is 2.61. The minimum Gasteiger partial charge on any atom is -0.380 e. The molecule has 0 bridgehead atoms. The Morgan fingerprint density at radius 2 is 2.15 bits per heavy atom. The Balaban J connectivity index is 1.77. The molecule has 76 valence electrons. The molecule has 2 fully saturated rings. The summed E-state index contributed by atoms with van der Waals surface area (Å²) in [6.45, 7) is 6.61. The Morgan fingerprint density at radius 3 is 2.62 bits per heavy atom. The quantitative estimate of drug-likeness (QED) is 0.706. The van der Waals surface area contributed by atoms with Gasteiger partial charge in [-0.25, -0.2) is 0 Å². The van der Waals surface area contributed by atoms with Crippen LogP contribution in [0.3, 0.4) is 0 Å². The smallest absolute Gasteiger partial charge is 0.0619 e. The number of hydrogen-bond acceptors (Lipinski definition) is 2. The van der Waals surface area contributed by atoms with Crippen LogP contribution in [-0.2, 0) is 4.74 Å². The highest BCUT2D eigenvalue weighted by Gasteiger charge is 2.39. The van der Waals surface area contributed by atoms with E-state index in [4.69, 9.17) is 4.74 Å². The summed E-state index contributed by atoms with van der Waals surface area (Å²) in [5.41, 5.74) is 0.525. The maximum Gasteiger partial charge on any atom is 0.0619 e. The molecule has 1 saturated carbocycles. The molecule has 0 aromatic rings. The fraction of sp³-hybridized carbons (Fsp3) is 1.00. The van der Waals surface area contributed by atoms with Gasteiger partial charge >= 0.3 is 0 Å². The van der Waals surface area contributed by atoms with Gasteiger partial charge in [0.25, 0.3) is 0 Å². The molecule has 0 aromatic heterocycles. The molecule has 0 amide bonds. The molecule has 13 heavy (non-hydrogen) atoms. The third-order valence-corrected chi connectivity index (χ3v) is 3.62. The zero-order valence-electron chi connectivity index (χ0n) is 8.81. The zero-order valence-corrected chi connectivity index (χ0v) is 8.81. The van der Waals surface area contributed by atoms with Crippen LogP contribution < -0.4 is 5.32 Å². The lowest BCUT2D eigenvalue weighted by Gasteiger charge is -2.47. The number of ether oxygens (including phenoxy) is 1. The first-order chi connectivity index (χ1) is 6.18. The highest BCUT2D eigenvalue weighted by atomic mass is 16.5. The predicted octanol–water partition coefficient (Wildman–Crippen LogP) is 1.94. The van der Waals surface area contributed by atoms with E-state index >= 15 is 0 Å². The maximum atomic E-state index is 5.46. The van der Waals surface area contributed by atoms with E-state index in [0.29, 0.717) is 11.5 Å². The van der Waals surface area contributed by atoms with Gasteiger partial charge in [0.1, 0.15) is 0 Å². The molecule has 2 nitrogen and oxygen atoms in total. The number of nitrogens with one attached hydrogen (secondary N) is 1. The minimum atomic E-state index is 0.525. The lowest BCUT2D eigenvalue weighted by atomic mass is 9.67. The van der Waals surface area contributed by atoms with Gasteiger partial charge in [0, 0.05) is 18.7 Å². The summed E-state index contributed by atoms with van der Waals surface area (Å²) in [6.07, 6.45) is 5.25. The second-order valence-electron chi connectivity index (χ2n) is 5.16. The van der Waals surface area contributed by atoms with Crippen molar-refractivity contribution in [1.82, 2.24) is 5.32 Å². The summed E-state index contributed by atoms with van der Waals surface area (Å²) >= 11 is 0. The molecule has 1 aliphatic carbocycles. The molecule has 2 rings (SSSR count). The lowest BCUT2D eigenvalue weighted by molar-refractivity contribution is 0.0346. The first kappa shape index (κ1) is 9.47. The van der Waals surface area contributed by atoms with Gasteiger partial charge in [-0.1, -0.05) is 13.8 Å². The Labute approximate surface area is 81.0 Å². The third-order valence-electron chi connectivity index (χ3n) is 3.62. The molecule has 2 unspecified atom stereocenters. The van der Waals surface area contributed by atoms with Crippen molar-refractivity contribution in [2.45, 2.75) is 51.6 Å². The van der Waals surface area contributed by atoms with E-state index < -0.39 is 0 Å². The van der Waals surface area contributed by atoms with Crippen LogP contribution in [0, 0.1) is 5.41 Å². The van der Waals surface area contributed by atoms with Crippen molar-refractivity contribution in [1.29, 1.82) is 0 Å². The summed E-state index contributed by atoms with van der Waals surface area (Å²) in [6, 6.07) is 1.36. The molecule has 0 radical (unpaired) electrons. The molecular formula is C11H21NO. The van der Waals surface area contributed by atoms with Crippen molar-refractivity contribution in [3.8, 4) is 0 Å². The van der Waals surface area contributed by atoms with Crippen molar-refractivity contribution in [3.63, 3.8) is 0 Å². The standard InChI is InChI=1S/C11H21NO/c1-11(2)6-5-10(11)12-9-4-3-7-13-8-9/h9-10,12H,3-8H2,1-2H3. The maximum absolute atomic E-state index is 5.46. The molecule has 1 heterocycles. The predicted molar refractivity (Wildman–Crippen MR) is 53.8 cm³/mol. The van der Waals surface area contributed by atoms with Crippen LogP contribution >= 0.6 is 0 Å². The largest absolute Gasteiger partial charge is 0.380 e. The van der Waals surface area contributed by atoms with Crippen molar-refractivity contribution >= 4 is 0 Å². The molecule has 2 aliphatic rings. The van der Waals surface area contributed by atoms with E-state index in [1.165, 1.54) is 25.7 Å². The first-order valence-corrected chi connectivity index (χ1v) is 5.52. The molecule has 0 aromatic carbocycles.